The van der Waals surface area contributed by atoms with Crippen molar-refractivity contribution in [3.8, 4) is 0 Å². The third kappa shape index (κ3) is 4.30. The minimum atomic E-state index is -0.906. The molecule has 0 saturated carbocycles. The molecule has 0 spiro atoms. The summed E-state index contributed by atoms with van der Waals surface area (Å²) >= 11 is 0. The van der Waals surface area contributed by atoms with Gasteiger partial charge < -0.3 is 10.1 Å². The molecule has 1 heterocycles. The van der Waals surface area contributed by atoms with Gasteiger partial charge >= 0.3 is 6.09 Å². The number of hydrogen-bond acceptors (Lipinski definition) is 3. The van der Waals surface area contributed by atoms with Crippen LogP contribution in [-0.2, 0) is 22.6 Å². The lowest BCUT2D eigenvalue weighted by molar-refractivity contribution is -0.125. The van der Waals surface area contributed by atoms with E-state index in [1.165, 1.54) is 5.56 Å². The van der Waals surface area contributed by atoms with E-state index in [1.54, 1.807) is 11.8 Å². The number of benzene rings is 2. The van der Waals surface area contributed by atoms with Crippen LogP contribution in [0.25, 0.3) is 0 Å². The number of likely N-dealkylation sites (tertiary alicyclic amines) is 1. The van der Waals surface area contributed by atoms with Crippen LogP contribution < -0.4 is 5.32 Å². The smallest absolute Gasteiger partial charge is 0.410 e. The van der Waals surface area contributed by atoms with E-state index >= 15 is 0 Å². The van der Waals surface area contributed by atoms with Crippen LogP contribution in [0.4, 0.5) is 10.5 Å². The average Bonchev–Trinajstić information content (AvgIpc) is 3.10. The van der Waals surface area contributed by atoms with Crippen LogP contribution in [0.2, 0.25) is 0 Å². The van der Waals surface area contributed by atoms with Gasteiger partial charge in [0.15, 0.2) is 0 Å². The molecule has 5 nitrogen and oxygen atoms in total. The Morgan fingerprint density at radius 2 is 1.78 bits per heavy atom. The molecule has 1 N–H and O–H groups in total. The van der Waals surface area contributed by atoms with Crippen molar-refractivity contribution in [2.75, 3.05) is 11.9 Å². The molecule has 2 aromatic carbocycles. The van der Waals surface area contributed by atoms with Crippen molar-refractivity contribution in [1.29, 1.82) is 0 Å². The number of carbonyl (C=O) groups is 2. The Bertz CT molecular complexity index is 789. The first kappa shape index (κ1) is 19.0. The SMILES string of the molecule is CCc1ccc(NC(=O)C2(C)CCCN2C(=O)OCc2ccccc2)cc1. The van der Waals surface area contributed by atoms with E-state index in [-0.39, 0.29) is 12.5 Å². The molecule has 0 radical (unpaired) electrons. The van der Waals surface area contributed by atoms with E-state index in [2.05, 4.69) is 12.2 Å². The van der Waals surface area contributed by atoms with Gasteiger partial charge in [0.05, 0.1) is 0 Å². The first-order chi connectivity index (χ1) is 13.0. The highest BCUT2D eigenvalue weighted by Crippen LogP contribution is 2.31. The molecule has 3 rings (SSSR count). The van der Waals surface area contributed by atoms with E-state index < -0.39 is 11.6 Å². The van der Waals surface area contributed by atoms with E-state index in [1.807, 2.05) is 54.6 Å². The lowest BCUT2D eigenvalue weighted by Gasteiger charge is -2.33. The van der Waals surface area contributed by atoms with E-state index in [0.29, 0.717) is 13.0 Å². The van der Waals surface area contributed by atoms with Crippen LogP contribution in [0.5, 0.6) is 0 Å². The number of anilines is 1. The molecule has 5 heteroatoms. The highest BCUT2D eigenvalue weighted by molar-refractivity contribution is 6.00. The van der Waals surface area contributed by atoms with Crippen LogP contribution in [-0.4, -0.2) is 29.0 Å². The van der Waals surface area contributed by atoms with Crippen molar-refractivity contribution < 1.29 is 14.3 Å². The Labute approximate surface area is 160 Å². The molecular formula is C22H26N2O3. The van der Waals surface area contributed by atoms with Crippen LogP contribution in [0, 0.1) is 0 Å². The summed E-state index contributed by atoms with van der Waals surface area (Å²) in [5, 5.41) is 2.95. The van der Waals surface area contributed by atoms with Crippen LogP contribution in [0.15, 0.2) is 54.6 Å². The lowest BCUT2D eigenvalue weighted by Crippen LogP contribution is -2.53. The minimum absolute atomic E-state index is 0.180. The highest BCUT2D eigenvalue weighted by atomic mass is 16.6. The molecule has 1 unspecified atom stereocenters. The van der Waals surface area contributed by atoms with E-state index in [0.717, 1.165) is 24.1 Å². The lowest BCUT2D eigenvalue weighted by atomic mass is 9.97. The Balaban J connectivity index is 1.65. The Kier molecular flexibility index (Phi) is 5.79. The fourth-order valence-corrected chi connectivity index (χ4v) is 3.38. The number of ether oxygens (including phenoxy) is 1. The van der Waals surface area contributed by atoms with Crippen LogP contribution >= 0.6 is 0 Å². The summed E-state index contributed by atoms with van der Waals surface area (Å²) in [6.07, 6.45) is 1.90. The van der Waals surface area contributed by atoms with E-state index in [9.17, 15) is 9.59 Å². The van der Waals surface area contributed by atoms with Crippen molar-refractivity contribution in [3.05, 3.63) is 65.7 Å². The van der Waals surface area contributed by atoms with Crippen LogP contribution in [0.1, 0.15) is 37.8 Å². The zero-order chi connectivity index (χ0) is 19.3. The number of carbonyl (C=O) groups excluding carboxylic acids is 2. The summed E-state index contributed by atoms with van der Waals surface area (Å²) in [5.41, 5.74) is 1.97. The predicted molar refractivity (Wildman–Crippen MR) is 105 cm³/mol. The molecule has 142 valence electrons. The summed E-state index contributed by atoms with van der Waals surface area (Å²) in [4.78, 5) is 27.1. The van der Waals surface area contributed by atoms with Gasteiger partial charge in [0, 0.05) is 12.2 Å². The minimum Gasteiger partial charge on any atom is -0.445 e. The molecule has 1 fully saturated rings. The largest absolute Gasteiger partial charge is 0.445 e. The normalized spacial score (nSPS) is 19.0. The van der Waals surface area contributed by atoms with Crippen molar-refractivity contribution in [1.82, 2.24) is 4.90 Å². The van der Waals surface area contributed by atoms with Gasteiger partial charge in [0.1, 0.15) is 12.1 Å². The highest BCUT2D eigenvalue weighted by Gasteiger charge is 2.46. The van der Waals surface area contributed by atoms with Gasteiger partial charge in [-0.25, -0.2) is 4.79 Å². The van der Waals surface area contributed by atoms with Crippen LogP contribution in [0.3, 0.4) is 0 Å². The molecular weight excluding hydrogens is 340 g/mol. The second-order valence-corrected chi connectivity index (χ2v) is 7.07. The number of aryl methyl sites for hydroxylation is 1. The summed E-state index contributed by atoms with van der Waals surface area (Å²) in [5.74, 6) is -0.180. The number of rotatable bonds is 5. The van der Waals surface area contributed by atoms with Crippen molar-refractivity contribution in [2.24, 2.45) is 0 Å². The molecule has 0 aliphatic carbocycles. The number of amides is 2. The monoisotopic (exact) mass is 366 g/mol. The molecule has 0 aromatic heterocycles. The molecule has 1 atom stereocenters. The van der Waals surface area contributed by atoms with Crippen molar-refractivity contribution in [3.63, 3.8) is 0 Å². The molecule has 1 aliphatic heterocycles. The first-order valence-corrected chi connectivity index (χ1v) is 9.41. The van der Waals surface area contributed by atoms with Gasteiger partial charge in [-0.2, -0.15) is 0 Å². The Morgan fingerprint density at radius 3 is 2.44 bits per heavy atom. The summed E-state index contributed by atoms with van der Waals surface area (Å²) in [6, 6.07) is 17.3. The standard InChI is InChI=1S/C22H26N2O3/c1-3-17-10-12-19(13-11-17)23-20(25)22(2)14-7-15-24(22)21(26)27-16-18-8-5-4-6-9-18/h4-6,8-13H,3,7,14-16H2,1-2H3,(H,23,25). The van der Waals surface area contributed by atoms with Crippen molar-refractivity contribution >= 4 is 17.7 Å². The molecule has 1 aliphatic rings. The molecule has 2 amide bonds. The quantitative estimate of drug-likeness (QED) is 0.854. The third-order valence-corrected chi connectivity index (χ3v) is 5.18. The second kappa shape index (κ2) is 8.25. The number of nitrogens with one attached hydrogen (secondary N) is 1. The fraction of sp³-hybridized carbons (Fsp3) is 0.364. The molecule has 0 bridgehead atoms. The Morgan fingerprint density at radius 1 is 1.07 bits per heavy atom. The predicted octanol–water partition coefficient (Wildman–Crippen LogP) is 4.38. The number of hydrogen-bond donors (Lipinski definition) is 1. The van der Waals surface area contributed by atoms with Gasteiger partial charge in [-0.15, -0.1) is 0 Å². The molecule has 27 heavy (non-hydrogen) atoms. The first-order valence-electron chi connectivity index (χ1n) is 9.41. The van der Waals surface area contributed by atoms with E-state index in [4.69, 9.17) is 4.74 Å². The third-order valence-electron chi connectivity index (χ3n) is 5.18. The van der Waals surface area contributed by atoms with Gasteiger partial charge in [-0.3, -0.25) is 9.69 Å². The molecule has 1 saturated heterocycles. The zero-order valence-corrected chi connectivity index (χ0v) is 15.9. The topological polar surface area (TPSA) is 58.6 Å². The zero-order valence-electron chi connectivity index (χ0n) is 15.9. The summed E-state index contributed by atoms with van der Waals surface area (Å²) < 4.78 is 5.45. The maximum Gasteiger partial charge on any atom is 0.410 e. The van der Waals surface area contributed by atoms with Crippen molar-refractivity contribution in [2.45, 2.75) is 45.3 Å². The maximum absolute atomic E-state index is 12.9. The number of nitrogens with zero attached hydrogens (tertiary/aromatic N) is 1. The van der Waals surface area contributed by atoms with Gasteiger partial charge in [-0.1, -0.05) is 49.4 Å². The van der Waals surface area contributed by atoms with Gasteiger partial charge in [-0.05, 0) is 49.4 Å². The summed E-state index contributed by atoms with van der Waals surface area (Å²) in [7, 11) is 0. The second-order valence-electron chi connectivity index (χ2n) is 7.07. The Hall–Kier alpha value is -2.82. The molecule has 2 aromatic rings. The fourth-order valence-electron chi connectivity index (χ4n) is 3.38. The maximum atomic E-state index is 12.9. The summed E-state index contributed by atoms with van der Waals surface area (Å²) in [6.45, 7) is 4.62. The average molecular weight is 366 g/mol. The van der Waals surface area contributed by atoms with Gasteiger partial charge in [0.2, 0.25) is 5.91 Å². The van der Waals surface area contributed by atoms with Gasteiger partial charge in [0.25, 0.3) is 0 Å².